The molecule has 0 fully saturated rings. The van der Waals surface area contributed by atoms with Crippen molar-refractivity contribution >= 4 is 6.03 Å². The summed E-state index contributed by atoms with van der Waals surface area (Å²) < 4.78 is 19.4. The van der Waals surface area contributed by atoms with Crippen LogP contribution < -0.4 is 15.4 Å². The molecule has 5 nitrogen and oxygen atoms in total. The van der Waals surface area contributed by atoms with Crippen LogP contribution in [0.1, 0.15) is 16.7 Å². The first-order chi connectivity index (χ1) is 12.2. The molecule has 2 aromatic carbocycles. The number of nitriles is 1. The third-order valence-corrected chi connectivity index (χ3v) is 4.12. The quantitative estimate of drug-likeness (QED) is 0.899. The van der Waals surface area contributed by atoms with Gasteiger partial charge in [0.05, 0.1) is 18.2 Å². The van der Waals surface area contributed by atoms with Gasteiger partial charge in [0.2, 0.25) is 0 Å². The summed E-state index contributed by atoms with van der Waals surface area (Å²) in [6.07, 6.45) is 0.843. The van der Waals surface area contributed by atoms with Crippen LogP contribution in [-0.4, -0.2) is 19.2 Å². The Morgan fingerprint density at radius 1 is 1.28 bits per heavy atom. The second-order valence-electron chi connectivity index (χ2n) is 5.97. The summed E-state index contributed by atoms with van der Waals surface area (Å²) in [4.78, 5) is 11.9. The Morgan fingerprint density at radius 3 is 2.96 bits per heavy atom. The van der Waals surface area contributed by atoms with E-state index >= 15 is 0 Å². The standard InChI is InChI=1S/C19H18FN3O2/c20-17-6-5-13(9-21)7-16(17)11-23-19(24)22-10-14-8-15-3-1-2-4-18(15)25-12-14/h1-7,14H,8,10-12H2,(H2,22,23,24). The molecule has 0 saturated heterocycles. The van der Waals surface area contributed by atoms with E-state index in [1.54, 1.807) is 0 Å². The van der Waals surface area contributed by atoms with Crippen LogP contribution in [0.5, 0.6) is 5.75 Å². The summed E-state index contributed by atoms with van der Waals surface area (Å²) in [6.45, 7) is 1.05. The lowest BCUT2D eigenvalue weighted by Crippen LogP contribution is -2.40. The van der Waals surface area contributed by atoms with E-state index in [1.165, 1.54) is 18.2 Å². The van der Waals surface area contributed by atoms with Crippen molar-refractivity contribution < 1.29 is 13.9 Å². The Labute approximate surface area is 145 Å². The van der Waals surface area contributed by atoms with Crippen LogP contribution in [0.3, 0.4) is 0 Å². The van der Waals surface area contributed by atoms with Crippen LogP contribution in [0.2, 0.25) is 0 Å². The van der Waals surface area contributed by atoms with Crippen molar-refractivity contribution in [2.75, 3.05) is 13.2 Å². The largest absolute Gasteiger partial charge is 0.493 e. The van der Waals surface area contributed by atoms with E-state index in [9.17, 15) is 9.18 Å². The third-order valence-electron chi connectivity index (χ3n) is 4.12. The van der Waals surface area contributed by atoms with Crippen LogP contribution in [0, 0.1) is 23.1 Å². The van der Waals surface area contributed by atoms with Crippen molar-refractivity contribution in [1.29, 1.82) is 5.26 Å². The zero-order chi connectivity index (χ0) is 17.6. The zero-order valence-corrected chi connectivity index (χ0v) is 13.6. The summed E-state index contributed by atoms with van der Waals surface area (Å²) in [7, 11) is 0. The summed E-state index contributed by atoms with van der Waals surface area (Å²) in [5, 5.41) is 14.2. The Hall–Kier alpha value is -3.07. The highest BCUT2D eigenvalue weighted by Gasteiger charge is 2.19. The number of rotatable bonds is 4. The molecule has 1 unspecified atom stereocenters. The highest BCUT2D eigenvalue weighted by Crippen LogP contribution is 2.26. The number of nitrogens with one attached hydrogen (secondary N) is 2. The van der Waals surface area contributed by atoms with Gasteiger partial charge in [-0.05, 0) is 36.2 Å². The van der Waals surface area contributed by atoms with Crippen molar-refractivity contribution in [1.82, 2.24) is 10.6 Å². The number of hydrogen-bond donors (Lipinski definition) is 2. The van der Waals surface area contributed by atoms with Gasteiger partial charge in [-0.3, -0.25) is 0 Å². The number of benzene rings is 2. The lowest BCUT2D eigenvalue weighted by molar-refractivity contribution is 0.211. The molecule has 0 spiro atoms. The normalized spacial score (nSPS) is 15.4. The van der Waals surface area contributed by atoms with Crippen LogP contribution in [0.15, 0.2) is 42.5 Å². The first-order valence-electron chi connectivity index (χ1n) is 8.06. The number of carbonyl (C=O) groups excluding carboxylic acids is 1. The molecule has 0 aliphatic carbocycles. The van der Waals surface area contributed by atoms with Gasteiger partial charge >= 0.3 is 6.03 Å². The van der Waals surface area contributed by atoms with E-state index in [4.69, 9.17) is 10.00 Å². The van der Waals surface area contributed by atoms with E-state index in [-0.39, 0.29) is 24.1 Å². The highest BCUT2D eigenvalue weighted by molar-refractivity contribution is 5.73. The van der Waals surface area contributed by atoms with Gasteiger partial charge in [0.1, 0.15) is 11.6 Å². The molecular formula is C19H18FN3O2. The topological polar surface area (TPSA) is 74.2 Å². The predicted molar refractivity (Wildman–Crippen MR) is 90.5 cm³/mol. The second-order valence-corrected chi connectivity index (χ2v) is 5.97. The van der Waals surface area contributed by atoms with Crippen molar-refractivity contribution in [2.45, 2.75) is 13.0 Å². The molecule has 0 radical (unpaired) electrons. The fourth-order valence-corrected chi connectivity index (χ4v) is 2.78. The fourth-order valence-electron chi connectivity index (χ4n) is 2.78. The summed E-state index contributed by atoms with van der Waals surface area (Å²) >= 11 is 0. The minimum Gasteiger partial charge on any atom is -0.493 e. The molecule has 2 N–H and O–H groups in total. The van der Waals surface area contributed by atoms with Crippen molar-refractivity contribution in [3.63, 3.8) is 0 Å². The monoisotopic (exact) mass is 339 g/mol. The predicted octanol–water partition coefficient (Wildman–Crippen LogP) is 2.75. The molecule has 0 saturated carbocycles. The number of urea groups is 1. The maximum atomic E-state index is 13.7. The first kappa shape index (κ1) is 16.8. The molecular weight excluding hydrogens is 321 g/mol. The Morgan fingerprint density at radius 2 is 2.12 bits per heavy atom. The number of hydrogen-bond acceptors (Lipinski definition) is 3. The summed E-state index contributed by atoms with van der Waals surface area (Å²) in [6, 6.07) is 13.5. The Kier molecular flexibility index (Phi) is 5.14. The summed E-state index contributed by atoms with van der Waals surface area (Å²) in [5.41, 5.74) is 1.78. The average Bonchev–Trinajstić information content (AvgIpc) is 2.65. The van der Waals surface area contributed by atoms with Gasteiger partial charge in [0, 0.05) is 24.6 Å². The molecule has 128 valence electrons. The summed E-state index contributed by atoms with van der Waals surface area (Å²) in [5.74, 6) is 0.645. The molecule has 1 heterocycles. The minimum absolute atomic E-state index is 0.0250. The van der Waals surface area contributed by atoms with E-state index in [0.717, 1.165) is 17.7 Å². The van der Waals surface area contributed by atoms with Gasteiger partial charge in [0.15, 0.2) is 0 Å². The number of amides is 2. The molecule has 25 heavy (non-hydrogen) atoms. The number of para-hydroxylation sites is 1. The van der Waals surface area contributed by atoms with Gasteiger partial charge in [-0.15, -0.1) is 0 Å². The molecule has 0 aromatic heterocycles. The van der Waals surface area contributed by atoms with Gasteiger partial charge < -0.3 is 15.4 Å². The molecule has 0 bridgehead atoms. The van der Waals surface area contributed by atoms with E-state index in [2.05, 4.69) is 10.6 Å². The van der Waals surface area contributed by atoms with E-state index in [1.807, 2.05) is 30.3 Å². The third kappa shape index (κ3) is 4.27. The molecule has 2 aromatic rings. The lowest BCUT2D eigenvalue weighted by atomic mass is 9.97. The number of halogens is 1. The average molecular weight is 339 g/mol. The van der Waals surface area contributed by atoms with Crippen LogP contribution >= 0.6 is 0 Å². The minimum atomic E-state index is -0.448. The zero-order valence-electron chi connectivity index (χ0n) is 13.6. The van der Waals surface area contributed by atoms with Crippen LogP contribution in [-0.2, 0) is 13.0 Å². The molecule has 1 aliphatic rings. The molecule has 1 aliphatic heterocycles. The SMILES string of the molecule is N#Cc1ccc(F)c(CNC(=O)NCC2COc3ccccc3C2)c1. The second kappa shape index (κ2) is 7.67. The number of nitrogens with zero attached hydrogens (tertiary/aromatic N) is 1. The van der Waals surface area contributed by atoms with Gasteiger partial charge in [0.25, 0.3) is 0 Å². The fraction of sp³-hybridized carbons (Fsp3) is 0.263. The van der Waals surface area contributed by atoms with Gasteiger partial charge in [-0.1, -0.05) is 18.2 Å². The van der Waals surface area contributed by atoms with E-state index < -0.39 is 5.82 Å². The van der Waals surface area contributed by atoms with E-state index in [0.29, 0.717) is 18.7 Å². The Bertz CT molecular complexity index is 817. The smallest absolute Gasteiger partial charge is 0.315 e. The first-order valence-corrected chi connectivity index (χ1v) is 8.06. The van der Waals surface area contributed by atoms with Gasteiger partial charge in [-0.2, -0.15) is 5.26 Å². The molecule has 2 amide bonds. The maximum absolute atomic E-state index is 13.7. The van der Waals surface area contributed by atoms with Gasteiger partial charge in [-0.25, -0.2) is 9.18 Å². The van der Waals surface area contributed by atoms with Crippen molar-refractivity contribution in [3.05, 3.63) is 65.0 Å². The highest BCUT2D eigenvalue weighted by atomic mass is 19.1. The molecule has 1 atom stereocenters. The number of carbonyl (C=O) groups is 1. The van der Waals surface area contributed by atoms with Crippen molar-refractivity contribution in [2.24, 2.45) is 5.92 Å². The number of fused-ring (bicyclic) bond motifs is 1. The van der Waals surface area contributed by atoms with Crippen molar-refractivity contribution in [3.8, 4) is 11.8 Å². The number of ether oxygens (including phenoxy) is 1. The lowest BCUT2D eigenvalue weighted by Gasteiger charge is -2.25. The molecule has 3 rings (SSSR count). The van der Waals surface area contributed by atoms with Crippen LogP contribution in [0.4, 0.5) is 9.18 Å². The maximum Gasteiger partial charge on any atom is 0.315 e. The molecule has 6 heteroatoms. The van der Waals surface area contributed by atoms with Crippen LogP contribution in [0.25, 0.3) is 0 Å². The Balaban J connectivity index is 1.47.